The summed E-state index contributed by atoms with van der Waals surface area (Å²) in [6.07, 6.45) is 7.50. The number of amides is 3. The summed E-state index contributed by atoms with van der Waals surface area (Å²) in [5.41, 5.74) is 12.5. The van der Waals surface area contributed by atoms with Gasteiger partial charge in [-0.3, -0.25) is 14.8 Å². The third-order valence-corrected chi connectivity index (χ3v) is 13.9. The van der Waals surface area contributed by atoms with E-state index in [1.165, 1.54) is 14.2 Å². The first-order valence-electron chi connectivity index (χ1n) is 23.3. The molecule has 344 valence electrons. The molecule has 3 aromatic carbocycles. The first-order chi connectivity index (χ1) is 31.9. The van der Waals surface area contributed by atoms with Gasteiger partial charge in [0.25, 0.3) is 0 Å². The first-order valence-corrected chi connectivity index (χ1v) is 23.3. The van der Waals surface area contributed by atoms with E-state index in [2.05, 4.69) is 84.5 Å². The maximum Gasteiger partial charge on any atom is 0.407 e. The normalized spacial score (nSPS) is 21.7. The molecule has 0 bridgehead atoms. The summed E-state index contributed by atoms with van der Waals surface area (Å²) in [4.78, 5) is 52.2. The zero-order valence-corrected chi connectivity index (χ0v) is 38.8. The summed E-state index contributed by atoms with van der Waals surface area (Å²) >= 11 is 0. The molecule has 13 heteroatoms. The number of methoxy groups -OCH3 is 2. The third kappa shape index (κ3) is 8.51. The van der Waals surface area contributed by atoms with Crippen molar-refractivity contribution >= 4 is 51.8 Å². The topological polar surface area (TPSA) is 143 Å². The average Bonchev–Trinajstić information content (AvgIpc) is 4.19. The molecule has 3 amide bonds. The van der Waals surface area contributed by atoms with Gasteiger partial charge < -0.3 is 39.4 Å². The zero-order valence-electron chi connectivity index (χ0n) is 38.8. The number of carbonyl (C=O) groups is 3. The van der Waals surface area contributed by atoms with Crippen molar-refractivity contribution in [2.24, 2.45) is 21.8 Å². The van der Waals surface area contributed by atoms with Crippen molar-refractivity contribution in [2.75, 3.05) is 33.9 Å². The second-order valence-electron chi connectivity index (χ2n) is 18.7. The van der Waals surface area contributed by atoms with Crippen LogP contribution < -0.4 is 20.1 Å². The minimum Gasteiger partial charge on any atom is -0.488 e. The van der Waals surface area contributed by atoms with Gasteiger partial charge in [-0.2, -0.15) is 0 Å². The van der Waals surface area contributed by atoms with Gasteiger partial charge in [0.1, 0.15) is 30.3 Å². The number of nitrogens with zero attached hydrogens (tertiary/aromatic N) is 4. The predicted molar refractivity (Wildman–Crippen MR) is 257 cm³/mol. The predicted octanol–water partition coefficient (Wildman–Crippen LogP) is 9.23. The molecule has 0 spiro atoms. The molecule has 6 aliphatic rings. The molecule has 5 atom stereocenters. The molecule has 6 aliphatic heterocycles. The van der Waals surface area contributed by atoms with E-state index in [0.29, 0.717) is 26.0 Å². The van der Waals surface area contributed by atoms with Crippen LogP contribution in [0.2, 0.25) is 0 Å². The molecule has 66 heavy (non-hydrogen) atoms. The van der Waals surface area contributed by atoms with E-state index in [9.17, 15) is 14.4 Å². The molecule has 1 unspecified atom stereocenters. The van der Waals surface area contributed by atoms with Crippen molar-refractivity contribution < 1.29 is 33.3 Å². The third-order valence-electron chi connectivity index (χ3n) is 13.9. The second-order valence-corrected chi connectivity index (χ2v) is 18.7. The van der Waals surface area contributed by atoms with Crippen LogP contribution in [0.15, 0.2) is 101 Å². The summed E-state index contributed by atoms with van der Waals surface area (Å²) in [5, 5.41) is 5.73. The Labute approximate surface area is 387 Å². The van der Waals surface area contributed by atoms with E-state index < -0.39 is 18.2 Å². The van der Waals surface area contributed by atoms with Crippen molar-refractivity contribution in [1.29, 1.82) is 0 Å². The lowest BCUT2D eigenvalue weighted by Crippen LogP contribution is -2.53. The maximum absolute atomic E-state index is 13.8. The Hall–Kier alpha value is -6.63. The summed E-state index contributed by atoms with van der Waals surface area (Å²) in [6.45, 7) is 14.3. The fourth-order valence-electron chi connectivity index (χ4n) is 10.5. The number of hydrogen-bond donors (Lipinski definition) is 2. The van der Waals surface area contributed by atoms with Gasteiger partial charge in [0.15, 0.2) is 0 Å². The molecule has 6 heterocycles. The van der Waals surface area contributed by atoms with Gasteiger partial charge >= 0.3 is 12.2 Å². The van der Waals surface area contributed by atoms with E-state index in [4.69, 9.17) is 28.9 Å². The minimum absolute atomic E-state index is 0.102. The van der Waals surface area contributed by atoms with Crippen LogP contribution in [0.1, 0.15) is 100 Å². The van der Waals surface area contributed by atoms with Crippen molar-refractivity contribution in [3.05, 3.63) is 119 Å². The Morgan fingerprint density at radius 3 is 1.89 bits per heavy atom. The van der Waals surface area contributed by atoms with E-state index >= 15 is 0 Å². The highest BCUT2D eigenvalue weighted by atomic mass is 16.5. The molecule has 3 aromatic rings. The number of hydrogen-bond acceptors (Lipinski definition) is 10. The van der Waals surface area contributed by atoms with Crippen LogP contribution in [-0.4, -0.2) is 97.4 Å². The Balaban J connectivity index is 0.931. The van der Waals surface area contributed by atoms with E-state index in [-0.39, 0.29) is 42.0 Å². The number of rotatable bonds is 12. The van der Waals surface area contributed by atoms with Gasteiger partial charge in [-0.25, -0.2) is 9.59 Å². The Morgan fingerprint density at radius 1 is 0.727 bits per heavy atom. The summed E-state index contributed by atoms with van der Waals surface area (Å²) in [6, 6.07) is 22.3. The lowest BCUT2D eigenvalue weighted by molar-refractivity contribution is -0.134. The minimum atomic E-state index is -0.682. The molecule has 0 aliphatic carbocycles. The smallest absolute Gasteiger partial charge is 0.407 e. The van der Waals surface area contributed by atoms with Crippen LogP contribution in [0.3, 0.4) is 0 Å². The second kappa shape index (κ2) is 18.7. The molecule has 13 nitrogen and oxygen atoms in total. The fourth-order valence-corrected chi connectivity index (χ4v) is 10.5. The van der Waals surface area contributed by atoms with Crippen molar-refractivity contribution in [3.8, 4) is 11.5 Å². The molecule has 0 saturated carbocycles. The van der Waals surface area contributed by atoms with E-state index in [0.717, 1.165) is 111 Å². The number of benzene rings is 3. The molecular formula is C53H60N6O7. The van der Waals surface area contributed by atoms with Gasteiger partial charge in [-0.15, -0.1) is 0 Å². The number of ether oxygens (including phenoxy) is 4. The van der Waals surface area contributed by atoms with E-state index in [1.54, 1.807) is 0 Å². The summed E-state index contributed by atoms with van der Waals surface area (Å²) in [7, 11) is 2.69. The lowest BCUT2D eigenvalue weighted by atomic mass is 9.83. The van der Waals surface area contributed by atoms with Crippen LogP contribution in [0.5, 0.6) is 11.5 Å². The summed E-state index contributed by atoms with van der Waals surface area (Å²) < 4.78 is 23.5. The van der Waals surface area contributed by atoms with Gasteiger partial charge in [0.2, 0.25) is 5.91 Å². The molecule has 0 aromatic heterocycles. The van der Waals surface area contributed by atoms with Crippen molar-refractivity contribution in [2.45, 2.75) is 96.5 Å². The van der Waals surface area contributed by atoms with Gasteiger partial charge in [0.05, 0.1) is 32.3 Å². The van der Waals surface area contributed by atoms with Crippen LogP contribution in [-0.2, 0) is 14.3 Å². The van der Waals surface area contributed by atoms with Crippen LogP contribution in [0.25, 0.3) is 22.3 Å². The largest absolute Gasteiger partial charge is 0.488 e. The van der Waals surface area contributed by atoms with Crippen molar-refractivity contribution in [3.63, 3.8) is 0 Å². The molecule has 2 N–H and O–H groups in total. The quantitative estimate of drug-likeness (QED) is 0.183. The summed E-state index contributed by atoms with van der Waals surface area (Å²) in [5.74, 6) is 1.53. The van der Waals surface area contributed by atoms with Gasteiger partial charge in [0, 0.05) is 77.7 Å². The molecule has 9 rings (SSSR count). The lowest BCUT2D eigenvalue weighted by Gasteiger charge is -2.36. The number of allylic oxidation sites excluding steroid dienone is 2. The fraction of sp³-hybridized carbons (Fsp3) is 0.415. The SMILES string of the molecule is C=C([C@@H](NC(=O)OC)C(C)C)N1CCC[C@H]1C1=NC=C(c2ccc3c(c2)OC(c2ccccc2)C2=C3COc3cc(C4=CN=C([C@@H]5CCCN5C(=O)[C@@H](NC(=O)OC)C(C)C)C4)ccc32)C1. The maximum atomic E-state index is 13.8. The highest BCUT2D eigenvalue weighted by Gasteiger charge is 2.40. The number of nitrogens with one attached hydrogen (secondary N) is 2. The van der Waals surface area contributed by atoms with Gasteiger partial charge in [-0.05, 0) is 77.5 Å². The van der Waals surface area contributed by atoms with Crippen LogP contribution >= 0.6 is 0 Å². The van der Waals surface area contributed by atoms with Crippen LogP contribution in [0, 0.1) is 11.8 Å². The molecule has 0 radical (unpaired) electrons. The number of fused-ring (bicyclic) bond motifs is 4. The first kappa shape index (κ1) is 44.6. The Morgan fingerprint density at radius 2 is 1.29 bits per heavy atom. The van der Waals surface area contributed by atoms with Gasteiger partial charge in [-0.1, -0.05) is 88.9 Å². The monoisotopic (exact) mass is 892 g/mol. The molecule has 2 fully saturated rings. The number of aliphatic imine (C=N–C) groups is 2. The number of likely N-dealkylation sites (tertiary alicyclic amines) is 2. The van der Waals surface area contributed by atoms with Crippen LogP contribution in [0.4, 0.5) is 9.59 Å². The van der Waals surface area contributed by atoms with Crippen molar-refractivity contribution in [1.82, 2.24) is 20.4 Å². The molecule has 2 saturated heterocycles. The number of carbonyl (C=O) groups excluding carboxylic acids is 3. The highest BCUT2D eigenvalue weighted by Crippen LogP contribution is 2.52. The Bertz CT molecular complexity index is 2590. The highest BCUT2D eigenvalue weighted by molar-refractivity contribution is 6.05. The zero-order chi connectivity index (χ0) is 46.2. The Kier molecular flexibility index (Phi) is 12.6. The standard InChI is InChI=1S/C53H60N6O7/c1-30(2)48(56-52(61)63-6)32(5)58-21-11-15-43(58)41-23-37(28-54-41)35-17-19-38-40-29-65-45-25-34(18-20-39(45)47(40)50(66-46(38)26-35)33-13-9-8-10-14-33)36-24-42(55-27-36)44-16-12-22-59(44)51(60)49(31(3)4)57-53(62)64-7/h8-10,13-14,17-20,25-28,30-31,43-44,48-50H,5,11-12,15-16,21-24,29H2,1-4,6-7H3,(H,56,61)(H,57,62)/t43-,44-,48-,49-,50?/m0/s1. The average molecular weight is 893 g/mol. The number of alkyl carbamates (subject to hydrolysis) is 2. The van der Waals surface area contributed by atoms with E-state index in [1.807, 2.05) is 49.3 Å². The molecular weight excluding hydrogens is 833 g/mol.